The number of halogens is 3. The predicted octanol–water partition coefficient (Wildman–Crippen LogP) is 2.27. The highest BCUT2D eigenvalue weighted by Crippen LogP contribution is 2.20. The van der Waals surface area contributed by atoms with Crippen LogP contribution in [0.25, 0.3) is 0 Å². The molecule has 0 amide bonds. The first-order chi connectivity index (χ1) is 2.94. The van der Waals surface area contributed by atoms with Gasteiger partial charge in [0.15, 0.2) is 0 Å². The zero-order valence-electron chi connectivity index (χ0n) is 4.21. The second-order valence-corrected chi connectivity index (χ2v) is 2.23. The van der Waals surface area contributed by atoms with Gasteiger partial charge in [0.05, 0.1) is 5.38 Å². The fraction of sp³-hybridized carbons (Fsp3) is 1.00. The Bertz CT molecular complexity index is 55.2. The molecule has 0 saturated carbocycles. The smallest absolute Gasteiger partial charge is 0.206 e. The number of hydrogen-bond donors (Lipinski definition) is 0. The molecule has 0 spiro atoms. The van der Waals surface area contributed by atoms with Gasteiger partial charge in [-0.3, -0.25) is 0 Å². The van der Waals surface area contributed by atoms with Gasteiger partial charge in [-0.15, -0.1) is 11.6 Å². The molecule has 0 aromatic carbocycles. The lowest BCUT2D eigenvalue weighted by Gasteiger charge is -2.10. The Morgan fingerprint density at radius 2 is 1.71 bits per heavy atom. The van der Waals surface area contributed by atoms with E-state index in [9.17, 15) is 8.78 Å². The first kappa shape index (κ1) is 7.15. The molecule has 0 heterocycles. The molecule has 0 saturated heterocycles. The minimum Gasteiger partial charge on any atom is -0.206 e. The average Bonchev–Trinajstić information content (AvgIpc) is 1.31. The molecule has 0 bridgehead atoms. The second-order valence-electron chi connectivity index (χ2n) is 1.57. The highest BCUT2D eigenvalue weighted by atomic mass is 35.5. The third-order valence-corrected chi connectivity index (χ3v) is 1.08. The quantitative estimate of drug-likeness (QED) is 0.476. The largest absolute Gasteiger partial charge is 0.261 e. The van der Waals surface area contributed by atoms with Gasteiger partial charge >= 0.3 is 0 Å². The lowest BCUT2D eigenvalue weighted by molar-refractivity contribution is 0.0221. The highest BCUT2D eigenvalue weighted by molar-refractivity contribution is 6.20. The van der Waals surface area contributed by atoms with Crippen molar-refractivity contribution in [2.75, 3.05) is 0 Å². The van der Waals surface area contributed by atoms with Crippen LogP contribution in [-0.4, -0.2) is 11.3 Å². The van der Waals surface area contributed by atoms with Crippen LogP contribution in [0.15, 0.2) is 0 Å². The van der Waals surface area contributed by atoms with Crippen molar-refractivity contribution in [1.82, 2.24) is 0 Å². The molecule has 7 heavy (non-hydrogen) atoms. The summed E-state index contributed by atoms with van der Waals surface area (Å²) in [7, 11) is 0. The molecular formula is C4H7ClF2. The van der Waals surface area contributed by atoms with Gasteiger partial charge in [0, 0.05) is 6.92 Å². The van der Waals surface area contributed by atoms with Gasteiger partial charge in [-0.05, 0) is 6.92 Å². The first-order valence-corrected chi connectivity index (χ1v) is 2.40. The first-order valence-electron chi connectivity index (χ1n) is 1.96. The molecule has 0 nitrogen and oxygen atoms in total. The Balaban J connectivity index is 3.54. The van der Waals surface area contributed by atoms with Crippen molar-refractivity contribution in [3.63, 3.8) is 0 Å². The molecule has 0 aliphatic heterocycles. The van der Waals surface area contributed by atoms with Crippen LogP contribution in [0.1, 0.15) is 13.8 Å². The molecule has 0 aromatic heterocycles. The Morgan fingerprint density at radius 3 is 1.71 bits per heavy atom. The minimum atomic E-state index is -2.73. The molecule has 0 N–H and O–H groups in total. The van der Waals surface area contributed by atoms with E-state index in [4.69, 9.17) is 11.6 Å². The third kappa shape index (κ3) is 2.80. The zero-order chi connectivity index (χ0) is 6.08. The SMILES string of the molecule is CC(Cl)C(C)(F)F. The van der Waals surface area contributed by atoms with Crippen molar-refractivity contribution in [3.8, 4) is 0 Å². The molecular weight excluding hydrogens is 121 g/mol. The topological polar surface area (TPSA) is 0 Å². The molecule has 0 rings (SSSR count). The van der Waals surface area contributed by atoms with E-state index in [0.29, 0.717) is 0 Å². The lowest BCUT2D eigenvalue weighted by Crippen LogP contribution is -2.20. The second kappa shape index (κ2) is 1.95. The van der Waals surface area contributed by atoms with Gasteiger partial charge in [-0.1, -0.05) is 0 Å². The summed E-state index contributed by atoms with van der Waals surface area (Å²) in [5.74, 6) is -2.73. The summed E-state index contributed by atoms with van der Waals surface area (Å²) in [4.78, 5) is 0. The van der Waals surface area contributed by atoms with E-state index in [-0.39, 0.29) is 0 Å². The van der Waals surface area contributed by atoms with Crippen LogP contribution in [-0.2, 0) is 0 Å². The fourth-order valence-electron chi connectivity index (χ4n) is 0. The third-order valence-electron chi connectivity index (χ3n) is 0.698. The molecule has 0 aliphatic rings. The average molecular weight is 129 g/mol. The predicted molar refractivity (Wildman–Crippen MR) is 25.9 cm³/mol. The Kier molecular flexibility index (Phi) is 1.99. The molecule has 1 atom stereocenters. The van der Waals surface area contributed by atoms with E-state index in [2.05, 4.69) is 0 Å². The van der Waals surface area contributed by atoms with E-state index in [1.165, 1.54) is 6.92 Å². The van der Waals surface area contributed by atoms with Crippen LogP contribution in [0.2, 0.25) is 0 Å². The van der Waals surface area contributed by atoms with Crippen molar-refractivity contribution in [2.45, 2.75) is 25.1 Å². The summed E-state index contributed by atoms with van der Waals surface area (Å²) in [6.45, 7) is 2.06. The maximum Gasteiger partial charge on any atom is 0.261 e. The van der Waals surface area contributed by atoms with E-state index in [0.717, 1.165) is 6.92 Å². The molecule has 0 aromatic rings. The summed E-state index contributed by atoms with van der Waals surface area (Å²) in [6, 6.07) is 0. The normalized spacial score (nSPS) is 16.7. The van der Waals surface area contributed by atoms with Crippen molar-refractivity contribution in [3.05, 3.63) is 0 Å². The maximum absolute atomic E-state index is 11.7. The molecule has 3 heteroatoms. The molecule has 0 fully saturated rings. The number of rotatable bonds is 1. The van der Waals surface area contributed by atoms with Crippen LogP contribution in [0.4, 0.5) is 8.78 Å². The number of alkyl halides is 3. The van der Waals surface area contributed by atoms with Gasteiger partial charge in [-0.2, -0.15) is 0 Å². The molecule has 44 valence electrons. The standard InChI is InChI=1S/C4H7ClF2/c1-3(5)4(2,6)7/h3H,1-2H3. The van der Waals surface area contributed by atoms with Gasteiger partial charge in [0.2, 0.25) is 0 Å². The Labute approximate surface area is 46.5 Å². The minimum absolute atomic E-state index is 0.796. The van der Waals surface area contributed by atoms with Crippen molar-refractivity contribution < 1.29 is 8.78 Å². The van der Waals surface area contributed by atoms with Crippen molar-refractivity contribution >= 4 is 11.6 Å². The van der Waals surface area contributed by atoms with Crippen LogP contribution in [0.3, 0.4) is 0 Å². The Hall–Kier alpha value is 0.150. The van der Waals surface area contributed by atoms with Crippen LogP contribution in [0, 0.1) is 0 Å². The van der Waals surface area contributed by atoms with Gasteiger partial charge in [0.1, 0.15) is 0 Å². The van der Waals surface area contributed by atoms with E-state index < -0.39 is 11.3 Å². The van der Waals surface area contributed by atoms with Crippen molar-refractivity contribution in [2.24, 2.45) is 0 Å². The van der Waals surface area contributed by atoms with E-state index in [1.807, 2.05) is 0 Å². The molecule has 1 unspecified atom stereocenters. The van der Waals surface area contributed by atoms with Gasteiger partial charge in [-0.25, -0.2) is 8.78 Å². The van der Waals surface area contributed by atoms with E-state index in [1.54, 1.807) is 0 Å². The Morgan fingerprint density at radius 1 is 1.57 bits per heavy atom. The molecule has 0 radical (unpaired) electrons. The van der Waals surface area contributed by atoms with Crippen molar-refractivity contribution in [1.29, 1.82) is 0 Å². The van der Waals surface area contributed by atoms with Crippen LogP contribution in [0.5, 0.6) is 0 Å². The highest BCUT2D eigenvalue weighted by Gasteiger charge is 2.27. The summed E-state index contributed by atoms with van der Waals surface area (Å²) in [5.41, 5.74) is 0. The van der Waals surface area contributed by atoms with Crippen LogP contribution >= 0.6 is 11.6 Å². The maximum atomic E-state index is 11.7. The summed E-state index contributed by atoms with van der Waals surface area (Å²) in [6.07, 6.45) is 0. The van der Waals surface area contributed by atoms with E-state index >= 15 is 0 Å². The van der Waals surface area contributed by atoms with Gasteiger partial charge < -0.3 is 0 Å². The zero-order valence-corrected chi connectivity index (χ0v) is 4.97. The monoisotopic (exact) mass is 128 g/mol. The van der Waals surface area contributed by atoms with Crippen LogP contribution < -0.4 is 0 Å². The summed E-state index contributed by atoms with van der Waals surface area (Å²) < 4.78 is 23.4. The fourth-order valence-corrected chi connectivity index (χ4v) is 0. The van der Waals surface area contributed by atoms with Gasteiger partial charge in [0.25, 0.3) is 5.92 Å². The molecule has 0 aliphatic carbocycles. The number of hydrogen-bond acceptors (Lipinski definition) is 0. The summed E-state index contributed by atoms with van der Waals surface area (Å²) in [5, 5.41) is -1.06. The summed E-state index contributed by atoms with van der Waals surface area (Å²) >= 11 is 5.00. The lowest BCUT2D eigenvalue weighted by atomic mass is 10.3.